The Morgan fingerprint density at radius 2 is 2.10 bits per heavy atom. The first kappa shape index (κ1) is 14.8. The van der Waals surface area contributed by atoms with E-state index >= 15 is 0 Å². The molecule has 1 unspecified atom stereocenters. The van der Waals surface area contributed by atoms with Gasteiger partial charge in [-0.05, 0) is 18.2 Å². The molecule has 1 atom stereocenters. The monoisotopic (exact) mass is 291 g/mol. The molecular weight excluding hydrogens is 274 g/mol. The summed E-state index contributed by atoms with van der Waals surface area (Å²) in [6, 6.07) is 4.94. The molecule has 21 heavy (non-hydrogen) atoms. The zero-order chi connectivity index (χ0) is 15.4. The van der Waals surface area contributed by atoms with Crippen LogP contribution in [0.4, 0.5) is 11.4 Å². The van der Waals surface area contributed by atoms with E-state index in [0.717, 1.165) is 0 Å². The number of rotatable bonds is 4. The molecule has 1 saturated heterocycles. The van der Waals surface area contributed by atoms with Gasteiger partial charge in [0.15, 0.2) is 0 Å². The smallest absolute Gasteiger partial charge is 0.229 e. The molecule has 7 nitrogen and oxygen atoms in total. The van der Waals surface area contributed by atoms with E-state index < -0.39 is 5.92 Å². The predicted octanol–water partition coefficient (Wildman–Crippen LogP) is 0.728. The van der Waals surface area contributed by atoms with Crippen LogP contribution in [0.1, 0.15) is 13.3 Å². The topological polar surface area (TPSA) is 96.5 Å². The first-order valence-corrected chi connectivity index (χ1v) is 6.53. The van der Waals surface area contributed by atoms with E-state index in [9.17, 15) is 14.4 Å². The summed E-state index contributed by atoms with van der Waals surface area (Å²) in [7, 11) is 1.49. The summed E-state index contributed by atoms with van der Waals surface area (Å²) in [5.74, 6) is -0.509. The number of nitrogens with one attached hydrogen (secondary N) is 3. The Bertz CT molecular complexity index is 586. The van der Waals surface area contributed by atoms with Crippen LogP contribution in [-0.2, 0) is 14.4 Å². The molecule has 0 aliphatic carbocycles. The minimum Gasteiger partial charge on any atom is -0.495 e. The number of amides is 3. The molecule has 0 spiro atoms. The molecule has 1 aromatic rings. The maximum Gasteiger partial charge on any atom is 0.229 e. The van der Waals surface area contributed by atoms with Crippen LogP contribution in [0, 0.1) is 5.92 Å². The average molecular weight is 291 g/mol. The molecule has 0 bridgehead atoms. The van der Waals surface area contributed by atoms with Crippen LogP contribution in [0.3, 0.4) is 0 Å². The standard InChI is InChI=1S/C14H17N3O4/c1-8(18)16-10-3-4-12(21-2)11(6-10)17-14(20)9-5-13(19)15-7-9/h3-4,6,9H,5,7H2,1-2H3,(H,15,19)(H,16,18)(H,17,20). The van der Waals surface area contributed by atoms with E-state index in [2.05, 4.69) is 16.0 Å². The minimum absolute atomic E-state index is 0.130. The van der Waals surface area contributed by atoms with Gasteiger partial charge in [-0.15, -0.1) is 0 Å². The van der Waals surface area contributed by atoms with Crippen molar-refractivity contribution >= 4 is 29.1 Å². The van der Waals surface area contributed by atoms with Crippen molar-refractivity contribution in [1.82, 2.24) is 5.32 Å². The van der Waals surface area contributed by atoms with Gasteiger partial charge in [0, 0.05) is 25.6 Å². The zero-order valence-corrected chi connectivity index (χ0v) is 11.9. The maximum absolute atomic E-state index is 12.1. The normalized spacial score (nSPS) is 17.0. The van der Waals surface area contributed by atoms with Gasteiger partial charge >= 0.3 is 0 Å². The van der Waals surface area contributed by atoms with Crippen molar-refractivity contribution < 1.29 is 19.1 Å². The fourth-order valence-electron chi connectivity index (χ4n) is 2.11. The Morgan fingerprint density at radius 1 is 1.33 bits per heavy atom. The highest BCUT2D eigenvalue weighted by Gasteiger charge is 2.28. The molecule has 0 aromatic heterocycles. The number of hydrogen-bond donors (Lipinski definition) is 3. The largest absolute Gasteiger partial charge is 0.495 e. The Hall–Kier alpha value is -2.57. The van der Waals surface area contributed by atoms with Crippen LogP contribution in [0.5, 0.6) is 5.75 Å². The second-order valence-electron chi connectivity index (χ2n) is 4.79. The van der Waals surface area contributed by atoms with Gasteiger partial charge in [-0.1, -0.05) is 0 Å². The third kappa shape index (κ3) is 3.71. The summed E-state index contributed by atoms with van der Waals surface area (Å²) in [5.41, 5.74) is 1.01. The van der Waals surface area contributed by atoms with Crippen LogP contribution in [-0.4, -0.2) is 31.4 Å². The number of anilines is 2. The predicted molar refractivity (Wildman–Crippen MR) is 77.0 cm³/mol. The molecule has 0 radical (unpaired) electrons. The Morgan fingerprint density at radius 3 is 2.67 bits per heavy atom. The lowest BCUT2D eigenvalue weighted by molar-refractivity contribution is -0.123. The highest BCUT2D eigenvalue weighted by Crippen LogP contribution is 2.28. The Balaban J connectivity index is 2.14. The first-order chi connectivity index (χ1) is 9.99. The lowest BCUT2D eigenvalue weighted by Crippen LogP contribution is -2.25. The summed E-state index contributed by atoms with van der Waals surface area (Å²) in [4.78, 5) is 34.3. The molecule has 3 N–H and O–H groups in total. The SMILES string of the molecule is COc1ccc(NC(C)=O)cc1NC(=O)C1CNC(=O)C1. The fourth-order valence-corrected chi connectivity index (χ4v) is 2.11. The van der Waals surface area contributed by atoms with Crippen molar-refractivity contribution in [3.05, 3.63) is 18.2 Å². The summed E-state index contributed by atoms with van der Waals surface area (Å²) in [6.45, 7) is 1.73. The molecule has 1 aliphatic heterocycles. The van der Waals surface area contributed by atoms with Crippen molar-refractivity contribution in [3.8, 4) is 5.75 Å². The van der Waals surface area contributed by atoms with Crippen molar-refractivity contribution in [2.24, 2.45) is 5.92 Å². The number of benzene rings is 1. The van der Waals surface area contributed by atoms with E-state index in [1.807, 2.05) is 0 Å². The van der Waals surface area contributed by atoms with Crippen molar-refractivity contribution in [2.45, 2.75) is 13.3 Å². The number of ether oxygens (including phenoxy) is 1. The number of methoxy groups -OCH3 is 1. The quantitative estimate of drug-likeness (QED) is 0.762. The third-order valence-electron chi connectivity index (χ3n) is 3.13. The van der Waals surface area contributed by atoms with Gasteiger partial charge in [0.2, 0.25) is 17.7 Å². The maximum atomic E-state index is 12.1. The Kier molecular flexibility index (Phi) is 4.42. The molecule has 0 saturated carbocycles. The molecule has 3 amide bonds. The van der Waals surface area contributed by atoms with Gasteiger partial charge in [-0.2, -0.15) is 0 Å². The fraction of sp³-hybridized carbons (Fsp3) is 0.357. The molecular formula is C14H17N3O4. The third-order valence-corrected chi connectivity index (χ3v) is 3.13. The van der Waals surface area contributed by atoms with Crippen molar-refractivity contribution in [1.29, 1.82) is 0 Å². The van der Waals surface area contributed by atoms with E-state index in [1.54, 1.807) is 18.2 Å². The zero-order valence-electron chi connectivity index (χ0n) is 11.9. The van der Waals surface area contributed by atoms with E-state index in [1.165, 1.54) is 14.0 Å². The highest BCUT2D eigenvalue weighted by molar-refractivity contribution is 5.99. The lowest BCUT2D eigenvalue weighted by atomic mass is 10.1. The summed E-state index contributed by atoms with van der Waals surface area (Å²) in [5, 5.41) is 7.98. The van der Waals surface area contributed by atoms with Crippen LogP contribution in [0.25, 0.3) is 0 Å². The summed E-state index contributed by atoms with van der Waals surface area (Å²) in [6.07, 6.45) is 0.180. The number of hydrogen-bond acceptors (Lipinski definition) is 4. The molecule has 1 aromatic carbocycles. The molecule has 2 rings (SSSR count). The summed E-state index contributed by atoms with van der Waals surface area (Å²) >= 11 is 0. The van der Waals surface area contributed by atoms with Crippen LogP contribution in [0.15, 0.2) is 18.2 Å². The van der Waals surface area contributed by atoms with Gasteiger partial charge < -0.3 is 20.7 Å². The van der Waals surface area contributed by atoms with Crippen molar-refractivity contribution in [3.63, 3.8) is 0 Å². The van der Waals surface area contributed by atoms with Crippen LogP contribution < -0.4 is 20.7 Å². The van der Waals surface area contributed by atoms with Crippen LogP contribution in [0.2, 0.25) is 0 Å². The highest BCUT2D eigenvalue weighted by atomic mass is 16.5. The minimum atomic E-state index is -0.397. The first-order valence-electron chi connectivity index (χ1n) is 6.53. The lowest BCUT2D eigenvalue weighted by Gasteiger charge is -2.14. The van der Waals surface area contributed by atoms with Gasteiger partial charge in [0.25, 0.3) is 0 Å². The second kappa shape index (κ2) is 6.25. The van der Waals surface area contributed by atoms with Gasteiger partial charge in [0.05, 0.1) is 18.7 Å². The molecule has 112 valence electrons. The molecule has 1 fully saturated rings. The van der Waals surface area contributed by atoms with Crippen LogP contribution >= 0.6 is 0 Å². The van der Waals surface area contributed by atoms with E-state index in [4.69, 9.17) is 4.74 Å². The van der Waals surface area contributed by atoms with Gasteiger partial charge in [-0.25, -0.2) is 0 Å². The van der Waals surface area contributed by atoms with Gasteiger partial charge in [0.1, 0.15) is 5.75 Å². The van der Waals surface area contributed by atoms with Gasteiger partial charge in [-0.3, -0.25) is 14.4 Å². The molecule has 1 heterocycles. The average Bonchev–Trinajstić information content (AvgIpc) is 2.85. The van der Waals surface area contributed by atoms with Crippen molar-refractivity contribution in [2.75, 3.05) is 24.3 Å². The second-order valence-corrected chi connectivity index (χ2v) is 4.79. The Labute approximate surface area is 122 Å². The number of carbonyl (C=O) groups is 3. The number of carbonyl (C=O) groups excluding carboxylic acids is 3. The molecule has 7 heteroatoms. The molecule has 1 aliphatic rings. The van der Waals surface area contributed by atoms with E-state index in [0.29, 0.717) is 23.7 Å². The van der Waals surface area contributed by atoms with E-state index in [-0.39, 0.29) is 24.1 Å². The summed E-state index contributed by atoms with van der Waals surface area (Å²) < 4.78 is 5.18.